The quantitative estimate of drug-likeness (QED) is 0.851. The zero-order chi connectivity index (χ0) is 15.5. The van der Waals surface area contributed by atoms with E-state index in [4.69, 9.17) is 5.11 Å². The van der Waals surface area contributed by atoms with Crippen molar-refractivity contribution in [2.45, 2.75) is 25.0 Å². The molecule has 6 heteroatoms. The highest BCUT2D eigenvalue weighted by atomic mass is 79.9. The van der Waals surface area contributed by atoms with Gasteiger partial charge in [-0.05, 0) is 51.7 Å². The number of aryl methyl sites for hydroxylation is 1. The van der Waals surface area contributed by atoms with E-state index in [1.54, 1.807) is 36.4 Å². The highest BCUT2D eigenvalue weighted by Gasteiger charge is 2.17. The van der Waals surface area contributed by atoms with Crippen LogP contribution in [0.15, 0.2) is 51.8 Å². The van der Waals surface area contributed by atoms with E-state index in [0.29, 0.717) is 4.47 Å². The van der Waals surface area contributed by atoms with Crippen LogP contribution in [0.25, 0.3) is 0 Å². The Hall–Kier alpha value is -1.21. The third-order valence-electron chi connectivity index (χ3n) is 3.02. The summed E-state index contributed by atoms with van der Waals surface area (Å²) in [4.78, 5) is 0.214. The SMILES string of the molecule is Cc1ccc(S(=O)(=O)NCc2cccc(CO)c2)c(Br)c1. The molecular weight excluding hydrogens is 354 g/mol. The Morgan fingerprint density at radius 3 is 2.52 bits per heavy atom. The molecule has 0 saturated carbocycles. The van der Waals surface area contributed by atoms with Gasteiger partial charge in [-0.25, -0.2) is 13.1 Å². The first-order valence-corrected chi connectivity index (χ1v) is 8.64. The van der Waals surface area contributed by atoms with Gasteiger partial charge in [0, 0.05) is 11.0 Å². The van der Waals surface area contributed by atoms with E-state index < -0.39 is 10.0 Å². The van der Waals surface area contributed by atoms with Crippen LogP contribution >= 0.6 is 15.9 Å². The second kappa shape index (κ2) is 6.70. The number of rotatable bonds is 5. The fourth-order valence-corrected chi connectivity index (χ4v) is 4.13. The van der Waals surface area contributed by atoms with Crippen molar-refractivity contribution >= 4 is 26.0 Å². The summed E-state index contributed by atoms with van der Waals surface area (Å²) in [5.74, 6) is 0. The van der Waals surface area contributed by atoms with Gasteiger partial charge >= 0.3 is 0 Å². The van der Waals surface area contributed by atoms with Gasteiger partial charge in [-0.15, -0.1) is 0 Å². The number of aliphatic hydroxyl groups excluding tert-OH is 1. The molecule has 0 saturated heterocycles. The monoisotopic (exact) mass is 369 g/mol. The van der Waals surface area contributed by atoms with Crippen molar-refractivity contribution in [1.29, 1.82) is 0 Å². The fraction of sp³-hybridized carbons (Fsp3) is 0.200. The van der Waals surface area contributed by atoms with Crippen molar-refractivity contribution in [3.8, 4) is 0 Å². The first-order chi connectivity index (χ1) is 9.92. The van der Waals surface area contributed by atoms with E-state index in [9.17, 15) is 8.42 Å². The highest BCUT2D eigenvalue weighted by Crippen LogP contribution is 2.23. The molecule has 2 aromatic rings. The van der Waals surface area contributed by atoms with Crippen LogP contribution in [0, 0.1) is 6.92 Å². The van der Waals surface area contributed by atoms with E-state index in [1.807, 2.05) is 13.0 Å². The summed E-state index contributed by atoms with van der Waals surface area (Å²) in [6.45, 7) is 2.01. The lowest BCUT2D eigenvalue weighted by atomic mass is 10.1. The molecule has 0 heterocycles. The maximum Gasteiger partial charge on any atom is 0.241 e. The summed E-state index contributed by atoms with van der Waals surface area (Å²) in [6, 6.07) is 12.3. The second-order valence-electron chi connectivity index (χ2n) is 4.74. The average Bonchev–Trinajstić information content (AvgIpc) is 2.45. The molecule has 0 fully saturated rings. The Labute approximate surface area is 133 Å². The summed E-state index contributed by atoms with van der Waals surface area (Å²) in [5, 5.41) is 9.09. The molecule has 0 aromatic heterocycles. The van der Waals surface area contributed by atoms with Gasteiger partial charge in [0.2, 0.25) is 10.0 Å². The van der Waals surface area contributed by atoms with Gasteiger partial charge in [0.1, 0.15) is 0 Å². The van der Waals surface area contributed by atoms with E-state index in [2.05, 4.69) is 20.7 Å². The van der Waals surface area contributed by atoms with Crippen molar-refractivity contribution < 1.29 is 13.5 Å². The summed E-state index contributed by atoms with van der Waals surface area (Å²) in [7, 11) is -3.58. The largest absolute Gasteiger partial charge is 0.392 e. The van der Waals surface area contributed by atoms with Gasteiger partial charge in [0.15, 0.2) is 0 Å². The number of hydrogen-bond acceptors (Lipinski definition) is 3. The lowest BCUT2D eigenvalue weighted by molar-refractivity contribution is 0.281. The van der Waals surface area contributed by atoms with Crippen LogP contribution in [0.4, 0.5) is 0 Å². The Kier molecular flexibility index (Phi) is 5.16. The fourth-order valence-electron chi connectivity index (χ4n) is 1.92. The van der Waals surface area contributed by atoms with E-state index >= 15 is 0 Å². The predicted octanol–water partition coefficient (Wildman–Crippen LogP) is 2.73. The molecule has 0 aliphatic heterocycles. The van der Waals surface area contributed by atoms with Gasteiger partial charge < -0.3 is 5.11 Å². The van der Waals surface area contributed by atoms with E-state index in [-0.39, 0.29) is 18.0 Å². The van der Waals surface area contributed by atoms with Crippen LogP contribution in [-0.4, -0.2) is 13.5 Å². The van der Waals surface area contributed by atoms with Crippen LogP contribution < -0.4 is 4.72 Å². The van der Waals surface area contributed by atoms with Gasteiger partial charge in [0.25, 0.3) is 0 Å². The normalized spacial score (nSPS) is 11.6. The maximum atomic E-state index is 12.3. The van der Waals surface area contributed by atoms with Crippen molar-refractivity contribution in [3.63, 3.8) is 0 Å². The third-order valence-corrected chi connectivity index (χ3v) is 5.40. The van der Waals surface area contributed by atoms with Gasteiger partial charge in [0.05, 0.1) is 11.5 Å². The number of halogens is 1. The zero-order valence-corrected chi connectivity index (χ0v) is 13.9. The van der Waals surface area contributed by atoms with Crippen LogP contribution in [0.1, 0.15) is 16.7 Å². The Morgan fingerprint density at radius 1 is 1.14 bits per heavy atom. The van der Waals surface area contributed by atoms with Gasteiger partial charge in [-0.1, -0.05) is 30.3 Å². The summed E-state index contributed by atoms with van der Waals surface area (Å²) >= 11 is 3.28. The number of sulfonamides is 1. The van der Waals surface area contributed by atoms with Crippen molar-refractivity contribution in [2.24, 2.45) is 0 Å². The lowest BCUT2D eigenvalue weighted by Crippen LogP contribution is -2.23. The Balaban J connectivity index is 2.17. The molecule has 0 spiro atoms. The lowest BCUT2D eigenvalue weighted by Gasteiger charge is -2.10. The Bertz CT molecular complexity index is 744. The molecule has 0 radical (unpaired) electrons. The molecule has 4 nitrogen and oxygen atoms in total. The van der Waals surface area contributed by atoms with Crippen LogP contribution in [0.2, 0.25) is 0 Å². The number of benzene rings is 2. The van der Waals surface area contributed by atoms with Gasteiger partial charge in [-0.2, -0.15) is 0 Å². The van der Waals surface area contributed by atoms with Crippen LogP contribution in [0.3, 0.4) is 0 Å². The molecular formula is C15H16BrNO3S. The van der Waals surface area contributed by atoms with Crippen molar-refractivity contribution in [2.75, 3.05) is 0 Å². The molecule has 2 aromatic carbocycles. The van der Waals surface area contributed by atoms with Crippen molar-refractivity contribution in [1.82, 2.24) is 4.72 Å². The molecule has 0 aliphatic carbocycles. The molecule has 0 bridgehead atoms. The topological polar surface area (TPSA) is 66.4 Å². The van der Waals surface area contributed by atoms with Crippen LogP contribution in [0.5, 0.6) is 0 Å². The van der Waals surface area contributed by atoms with Crippen molar-refractivity contribution in [3.05, 3.63) is 63.6 Å². The first-order valence-electron chi connectivity index (χ1n) is 6.37. The Morgan fingerprint density at radius 2 is 1.86 bits per heavy atom. The minimum atomic E-state index is -3.58. The molecule has 0 aliphatic rings. The van der Waals surface area contributed by atoms with E-state index in [1.165, 1.54) is 0 Å². The molecule has 0 amide bonds. The number of hydrogen-bond donors (Lipinski definition) is 2. The first kappa shape index (κ1) is 16.2. The maximum absolute atomic E-state index is 12.3. The molecule has 2 rings (SSSR count). The number of aliphatic hydroxyl groups is 1. The molecule has 112 valence electrons. The highest BCUT2D eigenvalue weighted by molar-refractivity contribution is 9.10. The molecule has 0 atom stereocenters. The minimum absolute atomic E-state index is 0.0654. The minimum Gasteiger partial charge on any atom is -0.392 e. The van der Waals surface area contributed by atoms with Gasteiger partial charge in [-0.3, -0.25) is 0 Å². The molecule has 21 heavy (non-hydrogen) atoms. The predicted molar refractivity (Wildman–Crippen MR) is 85.3 cm³/mol. The standard InChI is InChI=1S/C15H16BrNO3S/c1-11-5-6-15(14(16)7-11)21(19,20)17-9-12-3-2-4-13(8-12)10-18/h2-8,17-18H,9-10H2,1H3. The second-order valence-corrected chi connectivity index (χ2v) is 7.33. The average molecular weight is 370 g/mol. The summed E-state index contributed by atoms with van der Waals surface area (Å²) in [6.07, 6.45) is 0. The molecule has 2 N–H and O–H groups in total. The number of nitrogens with one attached hydrogen (secondary N) is 1. The third kappa shape index (κ3) is 4.14. The molecule has 0 unspecified atom stereocenters. The van der Waals surface area contributed by atoms with Crippen LogP contribution in [-0.2, 0) is 23.2 Å². The summed E-state index contributed by atoms with van der Waals surface area (Å²) in [5.41, 5.74) is 2.54. The summed E-state index contributed by atoms with van der Waals surface area (Å²) < 4.78 is 27.7. The smallest absolute Gasteiger partial charge is 0.241 e. The van der Waals surface area contributed by atoms with E-state index in [0.717, 1.165) is 16.7 Å². The zero-order valence-electron chi connectivity index (χ0n) is 11.5.